The van der Waals surface area contributed by atoms with Gasteiger partial charge in [0, 0.05) is 49.6 Å². The van der Waals surface area contributed by atoms with E-state index in [1.54, 1.807) is 4.90 Å². The zero-order valence-electron chi connectivity index (χ0n) is 19.8. The van der Waals surface area contributed by atoms with Crippen molar-refractivity contribution >= 4 is 22.7 Å². The summed E-state index contributed by atoms with van der Waals surface area (Å²) in [6, 6.07) is 12.5. The predicted molar refractivity (Wildman–Crippen MR) is 135 cm³/mol. The third-order valence-corrected chi connectivity index (χ3v) is 5.89. The maximum absolute atomic E-state index is 12.4. The van der Waals surface area contributed by atoms with E-state index in [-0.39, 0.29) is 7.52 Å². The molecule has 1 N–H and O–H groups in total. The third kappa shape index (κ3) is 4.73. The number of ether oxygens (including phenoxy) is 1. The van der Waals surface area contributed by atoms with E-state index in [0.717, 1.165) is 40.7 Å². The molecule has 1 aromatic carbocycles. The standard InChI is InChI=1S/C27H29N5O2.H2/c1-27(2,3)34-26(33)31-11-9-20(10-12-31)21-13-23-24(16-29-25(23)28-14-21)22-15-30-32(18-22)17-19-7-5-4-6-8-19;/h4-9,13-16,18H,10-12,17H2,1-3H3,(H,28,29);1H. The van der Waals surface area contributed by atoms with Gasteiger partial charge >= 0.3 is 6.09 Å². The van der Waals surface area contributed by atoms with Crippen molar-refractivity contribution < 1.29 is 11.0 Å². The number of carbonyl (C=O) groups excluding carboxylic acids is 1. The number of H-pyrrole nitrogens is 1. The highest BCUT2D eigenvalue weighted by molar-refractivity contribution is 5.95. The van der Waals surface area contributed by atoms with Crippen molar-refractivity contribution in [3.8, 4) is 11.1 Å². The average molecular weight is 458 g/mol. The molecule has 7 heteroatoms. The lowest BCUT2D eigenvalue weighted by atomic mass is 9.99. The van der Waals surface area contributed by atoms with E-state index in [1.807, 2.05) is 62.2 Å². The summed E-state index contributed by atoms with van der Waals surface area (Å²) in [5.41, 5.74) is 5.97. The van der Waals surface area contributed by atoms with Crippen LogP contribution in [0.4, 0.5) is 4.79 Å². The smallest absolute Gasteiger partial charge is 0.410 e. The first kappa shape index (κ1) is 21.9. The molecule has 4 heterocycles. The van der Waals surface area contributed by atoms with Crippen LogP contribution >= 0.6 is 0 Å². The lowest BCUT2D eigenvalue weighted by molar-refractivity contribution is 0.0270. The molecule has 0 saturated heterocycles. The van der Waals surface area contributed by atoms with Crippen molar-refractivity contribution in [2.75, 3.05) is 13.1 Å². The van der Waals surface area contributed by atoms with Crippen LogP contribution in [0.3, 0.4) is 0 Å². The molecular weight excluding hydrogens is 426 g/mol. The minimum atomic E-state index is -0.490. The Labute approximate surface area is 200 Å². The fourth-order valence-corrected chi connectivity index (χ4v) is 4.20. The van der Waals surface area contributed by atoms with Crippen LogP contribution in [0.2, 0.25) is 0 Å². The van der Waals surface area contributed by atoms with Gasteiger partial charge in [-0.2, -0.15) is 5.10 Å². The van der Waals surface area contributed by atoms with Crippen LogP contribution in [-0.2, 0) is 11.3 Å². The van der Waals surface area contributed by atoms with Crippen molar-refractivity contribution in [2.24, 2.45) is 0 Å². The van der Waals surface area contributed by atoms with Crippen LogP contribution in [0.25, 0.3) is 27.7 Å². The Morgan fingerprint density at radius 3 is 2.74 bits per heavy atom. The van der Waals surface area contributed by atoms with Gasteiger partial charge in [0.05, 0.1) is 12.7 Å². The fourth-order valence-electron chi connectivity index (χ4n) is 4.20. The summed E-state index contributed by atoms with van der Waals surface area (Å²) in [5.74, 6) is 0. The minimum Gasteiger partial charge on any atom is -0.444 e. The van der Waals surface area contributed by atoms with E-state index in [1.165, 1.54) is 11.1 Å². The molecule has 3 aromatic heterocycles. The molecule has 34 heavy (non-hydrogen) atoms. The Morgan fingerprint density at radius 1 is 1.18 bits per heavy atom. The number of pyridine rings is 1. The molecule has 0 fully saturated rings. The molecule has 1 amide bonds. The monoisotopic (exact) mass is 457 g/mol. The van der Waals surface area contributed by atoms with Crippen LogP contribution in [0.1, 0.15) is 39.7 Å². The molecule has 0 saturated carbocycles. The molecule has 1 aliphatic heterocycles. The first-order valence-corrected chi connectivity index (χ1v) is 11.6. The first-order chi connectivity index (χ1) is 16.4. The van der Waals surface area contributed by atoms with Crippen LogP contribution in [0.5, 0.6) is 0 Å². The molecule has 0 bridgehead atoms. The van der Waals surface area contributed by atoms with Gasteiger partial charge in [-0.15, -0.1) is 0 Å². The lowest BCUT2D eigenvalue weighted by Gasteiger charge is -2.29. The van der Waals surface area contributed by atoms with Gasteiger partial charge in [0.25, 0.3) is 0 Å². The zero-order chi connectivity index (χ0) is 23.7. The molecule has 0 spiro atoms. The number of nitrogens with one attached hydrogen (secondary N) is 1. The number of hydrogen-bond donors (Lipinski definition) is 1. The molecule has 7 nitrogen and oxygen atoms in total. The van der Waals surface area contributed by atoms with Crippen molar-refractivity contribution in [1.82, 2.24) is 24.6 Å². The van der Waals surface area contributed by atoms with E-state index in [0.29, 0.717) is 13.1 Å². The highest BCUT2D eigenvalue weighted by atomic mass is 16.6. The molecule has 0 aliphatic carbocycles. The van der Waals surface area contributed by atoms with Crippen LogP contribution < -0.4 is 0 Å². The molecular formula is C27H31N5O2. The summed E-state index contributed by atoms with van der Waals surface area (Å²) >= 11 is 0. The Morgan fingerprint density at radius 2 is 2.00 bits per heavy atom. The summed E-state index contributed by atoms with van der Waals surface area (Å²) in [7, 11) is 0. The lowest BCUT2D eigenvalue weighted by Crippen LogP contribution is -2.39. The molecule has 0 atom stereocenters. The number of aromatic nitrogens is 4. The SMILES string of the molecule is CC(C)(C)OC(=O)N1CC=C(c2cnc3[nH]cc(-c4cnn(Cc5ccccc5)c4)c3c2)CC1.[HH]. The van der Waals surface area contributed by atoms with Crippen LogP contribution in [0.15, 0.2) is 67.3 Å². The van der Waals surface area contributed by atoms with Crippen molar-refractivity contribution in [3.63, 3.8) is 0 Å². The summed E-state index contributed by atoms with van der Waals surface area (Å²) < 4.78 is 7.46. The van der Waals surface area contributed by atoms with E-state index >= 15 is 0 Å². The largest absolute Gasteiger partial charge is 0.444 e. The van der Waals surface area contributed by atoms with E-state index in [2.05, 4.69) is 45.5 Å². The average Bonchev–Trinajstić information content (AvgIpc) is 3.45. The second-order valence-electron chi connectivity index (χ2n) is 9.64. The summed E-state index contributed by atoms with van der Waals surface area (Å²) in [6.07, 6.45) is 10.5. The van der Waals surface area contributed by atoms with Gasteiger partial charge < -0.3 is 14.6 Å². The van der Waals surface area contributed by atoms with E-state index in [4.69, 9.17) is 4.74 Å². The number of aromatic amines is 1. The zero-order valence-corrected chi connectivity index (χ0v) is 19.8. The number of benzene rings is 1. The summed E-state index contributed by atoms with van der Waals surface area (Å²) in [5, 5.41) is 5.62. The second kappa shape index (κ2) is 8.82. The first-order valence-electron chi connectivity index (χ1n) is 11.6. The van der Waals surface area contributed by atoms with E-state index in [9.17, 15) is 4.79 Å². The maximum Gasteiger partial charge on any atom is 0.410 e. The van der Waals surface area contributed by atoms with Gasteiger partial charge in [-0.3, -0.25) is 4.68 Å². The van der Waals surface area contributed by atoms with Crippen molar-refractivity contribution in [1.29, 1.82) is 0 Å². The number of rotatable bonds is 4. The van der Waals surface area contributed by atoms with Gasteiger partial charge in [-0.25, -0.2) is 9.78 Å². The highest BCUT2D eigenvalue weighted by Gasteiger charge is 2.24. The molecule has 0 radical (unpaired) electrons. The van der Waals surface area contributed by atoms with Gasteiger partial charge in [0.1, 0.15) is 11.2 Å². The molecule has 0 unspecified atom stereocenters. The number of hydrogen-bond acceptors (Lipinski definition) is 4. The number of carbonyl (C=O) groups is 1. The van der Waals surface area contributed by atoms with Gasteiger partial charge in [-0.05, 0) is 50.0 Å². The molecule has 176 valence electrons. The van der Waals surface area contributed by atoms with Gasteiger partial charge in [0.2, 0.25) is 0 Å². The Hall–Kier alpha value is -3.87. The predicted octanol–water partition coefficient (Wildman–Crippen LogP) is 5.74. The van der Waals surface area contributed by atoms with Crippen LogP contribution in [0, 0.1) is 0 Å². The fraction of sp³-hybridized carbons (Fsp3) is 0.296. The van der Waals surface area contributed by atoms with Gasteiger partial charge in [0.15, 0.2) is 0 Å². The number of fused-ring (bicyclic) bond motifs is 1. The number of nitrogens with zero attached hydrogens (tertiary/aromatic N) is 4. The quantitative estimate of drug-likeness (QED) is 0.424. The summed E-state index contributed by atoms with van der Waals surface area (Å²) in [4.78, 5) is 22.0. The normalized spacial score (nSPS) is 14.3. The van der Waals surface area contributed by atoms with E-state index < -0.39 is 5.60 Å². The molecule has 5 rings (SSSR count). The Bertz CT molecular complexity index is 1350. The van der Waals surface area contributed by atoms with Gasteiger partial charge in [-0.1, -0.05) is 36.4 Å². The van der Waals surface area contributed by atoms with Crippen molar-refractivity contribution in [3.05, 3.63) is 78.4 Å². The minimum absolute atomic E-state index is 0. The molecule has 1 aliphatic rings. The number of amides is 1. The topological polar surface area (TPSA) is 76.0 Å². The van der Waals surface area contributed by atoms with Crippen LogP contribution in [-0.4, -0.2) is 49.4 Å². The third-order valence-electron chi connectivity index (χ3n) is 5.89. The molecule has 4 aromatic rings. The Balaban J connectivity index is 0.00000289. The maximum atomic E-state index is 12.4. The highest BCUT2D eigenvalue weighted by Crippen LogP contribution is 2.31. The second-order valence-corrected chi connectivity index (χ2v) is 9.64. The Kier molecular flexibility index (Phi) is 5.69. The summed E-state index contributed by atoms with van der Waals surface area (Å²) in [6.45, 7) is 7.55. The van der Waals surface area contributed by atoms with Crippen molar-refractivity contribution in [2.45, 2.75) is 39.3 Å².